The molecule has 4 heterocycles. The molecule has 5 heteroatoms. The van der Waals surface area contributed by atoms with E-state index in [9.17, 15) is 0 Å². The van der Waals surface area contributed by atoms with Gasteiger partial charge in [0.1, 0.15) is 0 Å². The molecule has 0 amide bonds. The average molecular weight is 704 g/mol. The molecule has 6 aromatic carbocycles. The van der Waals surface area contributed by atoms with Crippen molar-refractivity contribution in [1.82, 2.24) is 24.9 Å². The number of para-hydroxylation sites is 1. The van der Waals surface area contributed by atoms with Crippen molar-refractivity contribution in [2.45, 2.75) is 6.92 Å². The van der Waals surface area contributed by atoms with Crippen molar-refractivity contribution in [2.75, 3.05) is 0 Å². The normalized spacial score (nSPS) is 11.4. The summed E-state index contributed by atoms with van der Waals surface area (Å²) in [6.45, 7) is 2.03. The molecular weight excluding hydrogens is 671 g/mol. The Morgan fingerprint density at radius 2 is 0.927 bits per heavy atom. The summed E-state index contributed by atoms with van der Waals surface area (Å²) >= 11 is 0. The van der Waals surface area contributed by atoms with E-state index in [1.807, 2.05) is 43.5 Å². The van der Waals surface area contributed by atoms with Crippen LogP contribution in [0.5, 0.6) is 0 Å². The van der Waals surface area contributed by atoms with E-state index < -0.39 is 0 Å². The van der Waals surface area contributed by atoms with E-state index in [2.05, 4.69) is 146 Å². The number of benzene rings is 6. The highest BCUT2D eigenvalue weighted by molar-refractivity contribution is 6.09. The van der Waals surface area contributed by atoms with Gasteiger partial charge in [0.25, 0.3) is 0 Å². The first-order valence-electron chi connectivity index (χ1n) is 18.4. The monoisotopic (exact) mass is 703 g/mol. The summed E-state index contributed by atoms with van der Waals surface area (Å²) in [6, 6.07) is 60.9. The molecule has 0 spiro atoms. The van der Waals surface area contributed by atoms with Crippen LogP contribution in [0.25, 0.3) is 100 Å². The van der Waals surface area contributed by atoms with Crippen molar-refractivity contribution < 1.29 is 0 Å². The van der Waals surface area contributed by atoms with Crippen LogP contribution >= 0.6 is 0 Å². The van der Waals surface area contributed by atoms with Crippen LogP contribution in [0.1, 0.15) is 5.69 Å². The molecule has 10 aromatic rings. The lowest BCUT2D eigenvalue weighted by Gasteiger charge is -2.14. The van der Waals surface area contributed by atoms with Crippen LogP contribution in [-0.4, -0.2) is 24.9 Å². The van der Waals surface area contributed by atoms with Gasteiger partial charge in [-0.05, 0) is 60.0 Å². The van der Waals surface area contributed by atoms with Crippen molar-refractivity contribution in [2.24, 2.45) is 0 Å². The largest absolute Gasteiger partial charge is 0.256 e. The zero-order valence-corrected chi connectivity index (χ0v) is 30.1. The molecule has 0 saturated carbocycles. The highest BCUT2D eigenvalue weighted by Crippen LogP contribution is 2.38. The van der Waals surface area contributed by atoms with E-state index in [0.717, 1.165) is 100.0 Å². The first-order chi connectivity index (χ1) is 27.1. The Hall–Kier alpha value is -7.37. The van der Waals surface area contributed by atoms with E-state index in [1.54, 1.807) is 0 Å². The fourth-order valence-electron chi connectivity index (χ4n) is 7.45. The van der Waals surface area contributed by atoms with E-state index >= 15 is 0 Å². The third kappa shape index (κ3) is 6.08. The van der Waals surface area contributed by atoms with Crippen LogP contribution in [0, 0.1) is 6.92 Å². The SMILES string of the molecule is Cc1ccc2ccc3c(-c4cccc(-c5cc(-c6cccc(-c7cccc8cccnc78)c6)nc(-c6ccccc6)n5)c4)cc(-c4ccccc4)nc3c2n1. The minimum Gasteiger partial charge on any atom is -0.256 e. The van der Waals surface area contributed by atoms with Gasteiger partial charge in [0, 0.05) is 55.9 Å². The summed E-state index contributed by atoms with van der Waals surface area (Å²) in [5.74, 6) is 0.671. The third-order valence-electron chi connectivity index (χ3n) is 10.2. The summed E-state index contributed by atoms with van der Waals surface area (Å²) < 4.78 is 0. The molecule has 0 N–H and O–H groups in total. The zero-order valence-electron chi connectivity index (χ0n) is 30.1. The number of hydrogen-bond donors (Lipinski definition) is 0. The fraction of sp³-hybridized carbons (Fsp3) is 0.0200. The Bertz CT molecular complexity index is 3040. The van der Waals surface area contributed by atoms with Gasteiger partial charge in [-0.1, -0.05) is 140 Å². The second-order valence-corrected chi connectivity index (χ2v) is 13.8. The number of aryl methyl sites for hydroxylation is 1. The third-order valence-corrected chi connectivity index (χ3v) is 10.2. The Labute approximate surface area is 318 Å². The van der Waals surface area contributed by atoms with Crippen LogP contribution in [0.15, 0.2) is 182 Å². The van der Waals surface area contributed by atoms with Gasteiger partial charge in [0.05, 0.1) is 33.6 Å². The molecule has 4 aromatic heterocycles. The Balaban J connectivity index is 1.15. The van der Waals surface area contributed by atoms with Gasteiger partial charge in [-0.15, -0.1) is 0 Å². The van der Waals surface area contributed by atoms with Gasteiger partial charge in [-0.25, -0.2) is 15.0 Å². The second kappa shape index (κ2) is 13.6. The number of aromatic nitrogens is 5. The molecule has 0 bridgehead atoms. The molecule has 0 unspecified atom stereocenters. The summed E-state index contributed by atoms with van der Waals surface area (Å²) in [7, 11) is 0. The first-order valence-corrected chi connectivity index (χ1v) is 18.4. The minimum atomic E-state index is 0.671. The molecule has 10 rings (SSSR count). The van der Waals surface area contributed by atoms with Gasteiger partial charge in [-0.3, -0.25) is 9.97 Å². The average Bonchev–Trinajstić information content (AvgIpc) is 3.26. The van der Waals surface area contributed by atoms with Crippen LogP contribution in [0.3, 0.4) is 0 Å². The van der Waals surface area contributed by atoms with Gasteiger partial charge in [0.2, 0.25) is 0 Å². The van der Waals surface area contributed by atoms with Crippen molar-refractivity contribution in [3.8, 4) is 67.4 Å². The predicted octanol–water partition coefficient (Wildman–Crippen LogP) is 12.4. The molecule has 0 aliphatic rings. The van der Waals surface area contributed by atoms with E-state index in [-0.39, 0.29) is 0 Å². The van der Waals surface area contributed by atoms with Crippen molar-refractivity contribution in [1.29, 1.82) is 0 Å². The summed E-state index contributed by atoms with van der Waals surface area (Å²) in [5.41, 5.74) is 14.7. The van der Waals surface area contributed by atoms with Gasteiger partial charge < -0.3 is 0 Å². The molecule has 0 aliphatic heterocycles. The molecular formula is C50H33N5. The quantitative estimate of drug-likeness (QED) is 0.161. The molecule has 5 nitrogen and oxygen atoms in total. The van der Waals surface area contributed by atoms with E-state index in [1.165, 1.54) is 0 Å². The molecule has 258 valence electrons. The van der Waals surface area contributed by atoms with Gasteiger partial charge in [-0.2, -0.15) is 0 Å². The maximum absolute atomic E-state index is 5.23. The van der Waals surface area contributed by atoms with Crippen LogP contribution in [0.2, 0.25) is 0 Å². The Morgan fingerprint density at radius 3 is 1.67 bits per heavy atom. The molecule has 0 aliphatic carbocycles. The molecule has 0 radical (unpaired) electrons. The number of hydrogen-bond acceptors (Lipinski definition) is 5. The van der Waals surface area contributed by atoms with Crippen LogP contribution < -0.4 is 0 Å². The molecule has 55 heavy (non-hydrogen) atoms. The van der Waals surface area contributed by atoms with E-state index in [0.29, 0.717) is 5.82 Å². The fourth-order valence-corrected chi connectivity index (χ4v) is 7.45. The zero-order chi connectivity index (χ0) is 36.7. The van der Waals surface area contributed by atoms with Crippen LogP contribution in [-0.2, 0) is 0 Å². The highest BCUT2D eigenvalue weighted by Gasteiger charge is 2.16. The van der Waals surface area contributed by atoms with Crippen molar-refractivity contribution >= 4 is 32.7 Å². The second-order valence-electron chi connectivity index (χ2n) is 13.8. The molecule has 0 fully saturated rings. The topological polar surface area (TPSA) is 64.5 Å². The number of nitrogens with zero attached hydrogens (tertiary/aromatic N) is 5. The number of rotatable bonds is 6. The van der Waals surface area contributed by atoms with Crippen LogP contribution in [0.4, 0.5) is 0 Å². The van der Waals surface area contributed by atoms with Gasteiger partial charge in [0.15, 0.2) is 5.82 Å². The summed E-state index contributed by atoms with van der Waals surface area (Å²) in [4.78, 5) is 25.3. The Morgan fingerprint density at radius 1 is 0.345 bits per heavy atom. The highest BCUT2D eigenvalue weighted by atomic mass is 14.9. The molecule has 0 atom stereocenters. The lowest BCUT2D eigenvalue weighted by atomic mass is 9.95. The number of fused-ring (bicyclic) bond motifs is 4. The van der Waals surface area contributed by atoms with E-state index in [4.69, 9.17) is 24.9 Å². The molecule has 0 saturated heterocycles. The van der Waals surface area contributed by atoms with Crippen molar-refractivity contribution in [3.05, 3.63) is 188 Å². The smallest absolute Gasteiger partial charge is 0.160 e. The predicted molar refractivity (Wildman–Crippen MR) is 225 cm³/mol. The summed E-state index contributed by atoms with van der Waals surface area (Å²) in [5, 5.41) is 3.23. The minimum absolute atomic E-state index is 0.671. The van der Waals surface area contributed by atoms with Crippen molar-refractivity contribution in [3.63, 3.8) is 0 Å². The lowest BCUT2D eigenvalue weighted by Crippen LogP contribution is -1.97. The van der Waals surface area contributed by atoms with Gasteiger partial charge >= 0.3 is 0 Å². The maximum Gasteiger partial charge on any atom is 0.160 e. The maximum atomic E-state index is 5.23. The first kappa shape index (κ1) is 32.3. The standard InChI is InChI=1S/C50H33N5/c1-32-23-24-35-25-26-42-43(30-44(33-12-4-2-5-13-33)53-49(42)48(35)52-32)38-18-9-20-40(29-38)46-31-45(54-50(55-46)36-14-6-3-7-15-36)39-19-8-17-37(28-39)41-22-10-16-34-21-11-27-51-47(34)41/h2-31H,1H3. The Kier molecular flexibility index (Phi) is 7.96. The lowest BCUT2D eigenvalue weighted by molar-refractivity contribution is 1.18. The summed E-state index contributed by atoms with van der Waals surface area (Å²) in [6.07, 6.45) is 1.85. The number of pyridine rings is 3.